The maximum Gasteiger partial charge on any atom is 0.253 e. The predicted octanol–water partition coefficient (Wildman–Crippen LogP) is 2.99. The van der Waals surface area contributed by atoms with Crippen molar-refractivity contribution in [1.29, 1.82) is 0 Å². The summed E-state index contributed by atoms with van der Waals surface area (Å²) in [7, 11) is -0.769. The second-order valence-corrected chi connectivity index (χ2v) is 8.71. The van der Waals surface area contributed by atoms with Gasteiger partial charge >= 0.3 is 0 Å². The van der Waals surface area contributed by atoms with Gasteiger partial charge in [0.2, 0.25) is 10.0 Å². The molecular formula is C17H19ClN2O4S. The van der Waals surface area contributed by atoms with Crippen molar-refractivity contribution >= 4 is 27.5 Å². The van der Waals surface area contributed by atoms with Crippen LogP contribution in [0.1, 0.15) is 40.6 Å². The lowest BCUT2D eigenvalue weighted by Crippen LogP contribution is -2.31. The number of furan rings is 1. The molecule has 0 saturated carbocycles. The molecule has 0 fully saturated rings. The first-order valence-electron chi connectivity index (χ1n) is 7.90. The summed E-state index contributed by atoms with van der Waals surface area (Å²) < 4.78 is 31.1. The van der Waals surface area contributed by atoms with Crippen LogP contribution in [0.5, 0.6) is 0 Å². The zero-order valence-corrected chi connectivity index (χ0v) is 15.5. The average molecular weight is 383 g/mol. The maximum atomic E-state index is 12.7. The number of halogens is 1. The Morgan fingerprint density at radius 1 is 1.32 bits per heavy atom. The number of hydrogen-bond donors (Lipinski definition) is 1. The Hall–Kier alpha value is -1.83. The number of nitrogens with one attached hydrogen (secondary N) is 1. The van der Waals surface area contributed by atoms with Crippen LogP contribution >= 0.6 is 11.6 Å². The standard InChI is InChI=1S/C17H19ClN2O4S/c1-20(2)25(22,23)11-6-7-14(18)13(10-11)17(21)19-15-4-3-5-16-12(15)8-9-24-16/h6-10,15H,3-5H2,1-2H3,(H,19,21)/t15-/m0/s1. The fourth-order valence-corrected chi connectivity index (χ4v) is 4.05. The molecule has 6 nitrogen and oxygen atoms in total. The van der Waals surface area contributed by atoms with Crippen molar-refractivity contribution in [1.82, 2.24) is 9.62 Å². The summed E-state index contributed by atoms with van der Waals surface area (Å²) in [6.07, 6.45) is 4.18. The second-order valence-electron chi connectivity index (χ2n) is 6.15. The minimum absolute atomic E-state index is 0.0275. The molecule has 134 valence electrons. The van der Waals surface area contributed by atoms with Gasteiger partial charge in [-0.2, -0.15) is 0 Å². The van der Waals surface area contributed by atoms with E-state index in [2.05, 4.69) is 5.32 Å². The summed E-state index contributed by atoms with van der Waals surface area (Å²) in [4.78, 5) is 12.7. The summed E-state index contributed by atoms with van der Waals surface area (Å²) in [6, 6.07) is 5.82. The van der Waals surface area contributed by atoms with Crippen molar-refractivity contribution in [2.45, 2.75) is 30.2 Å². The highest BCUT2D eigenvalue weighted by Crippen LogP contribution is 2.31. The van der Waals surface area contributed by atoms with Crippen LogP contribution in [0.4, 0.5) is 0 Å². The smallest absolute Gasteiger partial charge is 0.253 e. The van der Waals surface area contributed by atoms with E-state index in [1.165, 1.54) is 32.3 Å². The summed E-state index contributed by atoms with van der Waals surface area (Å²) in [6.45, 7) is 0. The molecule has 1 N–H and O–H groups in total. The molecule has 1 heterocycles. The number of rotatable bonds is 4. The van der Waals surface area contributed by atoms with E-state index < -0.39 is 15.9 Å². The van der Waals surface area contributed by atoms with Crippen LogP contribution in [0.15, 0.2) is 39.8 Å². The Morgan fingerprint density at radius 3 is 2.80 bits per heavy atom. The van der Waals surface area contributed by atoms with E-state index in [1.807, 2.05) is 6.07 Å². The Morgan fingerprint density at radius 2 is 2.08 bits per heavy atom. The molecule has 2 aromatic rings. The van der Waals surface area contributed by atoms with Crippen molar-refractivity contribution in [3.63, 3.8) is 0 Å². The fourth-order valence-electron chi connectivity index (χ4n) is 2.92. The van der Waals surface area contributed by atoms with Gasteiger partial charge in [-0.15, -0.1) is 0 Å². The molecule has 3 rings (SSSR count). The van der Waals surface area contributed by atoms with Crippen LogP contribution in [0.2, 0.25) is 5.02 Å². The molecule has 0 spiro atoms. The largest absolute Gasteiger partial charge is 0.469 e. The van der Waals surface area contributed by atoms with E-state index in [9.17, 15) is 13.2 Å². The number of hydrogen-bond acceptors (Lipinski definition) is 4. The molecule has 0 radical (unpaired) electrons. The van der Waals surface area contributed by atoms with E-state index in [1.54, 1.807) is 6.26 Å². The highest BCUT2D eigenvalue weighted by molar-refractivity contribution is 7.89. The Labute approximate surface area is 151 Å². The third-order valence-electron chi connectivity index (χ3n) is 4.32. The molecule has 0 bridgehead atoms. The minimum Gasteiger partial charge on any atom is -0.469 e. The van der Waals surface area contributed by atoms with Gasteiger partial charge < -0.3 is 9.73 Å². The average Bonchev–Trinajstić information content (AvgIpc) is 3.04. The molecule has 8 heteroatoms. The summed E-state index contributed by atoms with van der Waals surface area (Å²) in [5.41, 5.74) is 1.10. The third kappa shape index (κ3) is 3.44. The lowest BCUT2D eigenvalue weighted by atomic mass is 9.93. The van der Waals surface area contributed by atoms with Gasteiger partial charge in [-0.3, -0.25) is 4.79 Å². The molecule has 1 aliphatic carbocycles. The monoisotopic (exact) mass is 382 g/mol. The predicted molar refractivity (Wildman–Crippen MR) is 94.2 cm³/mol. The van der Waals surface area contributed by atoms with Crippen molar-refractivity contribution in [2.24, 2.45) is 0 Å². The van der Waals surface area contributed by atoms with Crippen LogP contribution in [0.3, 0.4) is 0 Å². The van der Waals surface area contributed by atoms with Gasteiger partial charge in [0.25, 0.3) is 5.91 Å². The SMILES string of the molecule is CN(C)S(=O)(=O)c1ccc(Cl)c(C(=O)N[C@H]2CCCc3occc32)c1. The van der Waals surface area contributed by atoms with Gasteiger partial charge in [-0.1, -0.05) is 11.6 Å². The van der Waals surface area contributed by atoms with E-state index in [-0.39, 0.29) is 21.5 Å². The quantitative estimate of drug-likeness (QED) is 0.881. The van der Waals surface area contributed by atoms with Crippen LogP contribution < -0.4 is 5.32 Å². The lowest BCUT2D eigenvalue weighted by Gasteiger charge is -2.23. The highest BCUT2D eigenvalue weighted by Gasteiger charge is 2.26. The van der Waals surface area contributed by atoms with Gasteiger partial charge in [0, 0.05) is 26.1 Å². The van der Waals surface area contributed by atoms with Crippen molar-refractivity contribution in [3.8, 4) is 0 Å². The van der Waals surface area contributed by atoms with Gasteiger partial charge in [0.1, 0.15) is 5.76 Å². The van der Waals surface area contributed by atoms with E-state index >= 15 is 0 Å². The van der Waals surface area contributed by atoms with Gasteiger partial charge in [0.15, 0.2) is 0 Å². The Kier molecular flexibility index (Phi) is 4.90. The van der Waals surface area contributed by atoms with Crippen LogP contribution in [-0.4, -0.2) is 32.7 Å². The molecule has 0 aliphatic heterocycles. The first-order chi connectivity index (χ1) is 11.8. The third-order valence-corrected chi connectivity index (χ3v) is 6.46. The molecule has 1 atom stereocenters. The zero-order valence-electron chi connectivity index (χ0n) is 14.0. The molecular weight excluding hydrogens is 364 g/mol. The van der Waals surface area contributed by atoms with Gasteiger partial charge in [-0.25, -0.2) is 12.7 Å². The normalized spacial score (nSPS) is 17.4. The number of amides is 1. The van der Waals surface area contributed by atoms with Crippen LogP contribution in [0.25, 0.3) is 0 Å². The second kappa shape index (κ2) is 6.82. The van der Waals surface area contributed by atoms with E-state index in [0.29, 0.717) is 0 Å². The number of aryl methyl sites for hydroxylation is 1. The number of benzene rings is 1. The van der Waals surface area contributed by atoms with E-state index in [4.69, 9.17) is 16.0 Å². The van der Waals surface area contributed by atoms with Crippen LogP contribution in [0, 0.1) is 0 Å². The first-order valence-corrected chi connectivity index (χ1v) is 9.71. The van der Waals surface area contributed by atoms with Crippen molar-refractivity contribution < 1.29 is 17.6 Å². The summed E-state index contributed by atoms with van der Waals surface area (Å²) in [5.74, 6) is 0.478. The lowest BCUT2D eigenvalue weighted by molar-refractivity contribution is 0.0932. The molecule has 1 aliphatic rings. The Balaban J connectivity index is 1.89. The number of carbonyl (C=O) groups excluding carboxylic acids is 1. The van der Waals surface area contributed by atoms with E-state index in [0.717, 1.165) is 34.9 Å². The zero-order chi connectivity index (χ0) is 18.2. The molecule has 1 aromatic heterocycles. The van der Waals surface area contributed by atoms with Gasteiger partial charge in [0.05, 0.1) is 27.8 Å². The topological polar surface area (TPSA) is 79.6 Å². The highest BCUT2D eigenvalue weighted by atomic mass is 35.5. The molecule has 1 aromatic carbocycles. The van der Waals surface area contributed by atoms with Crippen molar-refractivity contribution in [3.05, 3.63) is 52.4 Å². The Bertz CT molecular complexity index is 905. The fraction of sp³-hybridized carbons (Fsp3) is 0.353. The number of carbonyl (C=O) groups is 1. The minimum atomic E-state index is -3.64. The van der Waals surface area contributed by atoms with Gasteiger partial charge in [-0.05, 0) is 37.1 Å². The first kappa shape index (κ1) is 18.0. The number of nitrogens with zero attached hydrogens (tertiary/aromatic N) is 1. The number of sulfonamides is 1. The maximum absolute atomic E-state index is 12.7. The molecule has 0 saturated heterocycles. The molecule has 25 heavy (non-hydrogen) atoms. The summed E-state index contributed by atoms with van der Waals surface area (Å²) >= 11 is 6.13. The summed E-state index contributed by atoms with van der Waals surface area (Å²) in [5, 5.41) is 3.14. The van der Waals surface area contributed by atoms with Crippen molar-refractivity contribution in [2.75, 3.05) is 14.1 Å². The molecule has 1 amide bonds. The number of fused-ring (bicyclic) bond motifs is 1. The molecule has 0 unspecified atom stereocenters. The van der Waals surface area contributed by atoms with Crippen LogP contribution in [-0.2, 0) is 16.4 Å².